The molecule has 152 valence electrons. The summed E-state index contributed by atoms with van der Waals surface area (Å²) in [5, 5.41) is 8.10. The van der Waals surface area contributed by atoms with Crippen LogP contribution in [0.5, 0.6) is 11.6 Å². The van der Waals surface area contributed by atoms with Gasteiger partial charge < -0.3 is 14.2 Å². The highest BCUT2D eigenvalue weighted by Crippen LogP contribution is 2.27. The Morgan fingerprint density at radius 3 is 2.69 bits per heavy atom. The minimum absolute atomic E-state index is 0.0319. The smallest absolute Gasteiger partial charge is 0.364 e. The van der Waals surface area contributed by atoms with Crippen molar-refractivity contribution in [2.75, 3.05) is 13.7 Å². The summed E-state index contributed by atoms with van der Waals surface area (Å²) in [6.45, 7) is 4.35. The number of benzene rings is 1. The van der Waals surface area contributed by atoms with Gasteiger partial charge in [-0.05, 0) is 43.7 Å². The van der Waals surface area contributed by atoms with Gasteiger partial charge in [-0.25, -0.2) is 9.48 Å². The van der Waals surface area contributed by atoms with Gasteiger partial charge in [0.2, 0.25) is 5.69 Å². The van der Waals surface area contributed by atoms with Gasteiger partial charge in [0.15, 0.2) is 0 Å². The molecule has 0 saturated heterocycles. The normalized spacial score (nSPS) is 18.1. The molecule has 8 heteroatoms. The molecule has 0 radical (unpaired) electrons. The molecule has 1 unspecified atom stereocenters. The first kappa shape index (κ1) is 20.9. The highest BCUT2D eigenvalue weighted by atomic mass is 79.9. The first-order chi connectivity index (χ1) is 13.9. The SMILES string of the molecule is CCOC(=O)c1nnn(Cc2ccc(OC)cc2)c1OC1=CC=CC(C)(Br)C=C1. The number of carbonyl (C=O) groups excluding carboxylic acids is 1. The lowest BCUT2D eigenvalue weighted by Gasteiger charge is -2.11. The van der Waals surface area contributed by atoms with Crippen LogP contribution >= 0.6 is 15.9 Å². The van der Waals surface area contributed by atoms with Crippen molar-refractivity contribution in [3.63, 3.8) is 0 Å². The molecule has 0 amide bonds. The van der Waals surface area contributed by atoms with Crippen LogP contribution < -0.4 is 9.47 Å². The lowest BCUT2D eigenvalue weighted by molar-refractivity contribution is 0.0516. The zero-order chi connectivity index (χ0) is 20.9. The number of nitrogens with zero attached hydrogens (tertiary/aromatic N) is 3. The zero-order valence-electron chi connectivity index (χ0n) is 16.5. The van der Waals surface area contributed by atoms with Crippen molar-refractivity contribution >= 4 is 21.9 Å². The third-order valence-electron chi connectivity index (χ3n) is 4.12. The average Bonchev–Trinajstić information content (AvgIpc) is 2.99. The standard InChI is InChI=1S/C21H22BrN3O4/c1-4-28-20(26)18-19(29-17-6-5-12-21(2,22)13-11-17)25(24-23-18)14-15-7-9-16(27-3)10-8-15/h5-13H,4,14H2,1-3H3. The van der Waals surface area contributed by atoms with Crippen LogP contribution in [0.2, 0.25) is 0 Å². The van der Waals surface area contributed by atoms with Crippen LogP contribution in [0.4, 0.5) is 0 Å². The van der Waals surface area contributed by atoms with E-state index in [0.29, 0.717) is 12.3 Å². The number of halogens is 1. The molecule has 0 N–H and O–H groups in total. The second-order valence-corrected chi connectivity index (χ2v) is 8.19. The van der Waals surface area contributed by atoms with Gasteiger partial charge >= 0.3 is 5.97 Å². The predicted octanol–water partition coefficient (Wildman–Crippen LogP) is 4.05. The van der Waals surface area contributed by atoms with Gasteiger partial charge in [0.05, 0.1) is 24.6 Å². The molecule has 1 atom stereocenters. The highest BCUT2D eigenvalue weighted by molar-refractivity contribution is 9.10. The van der Waals surface area contributed by atoms with E-state index in [1.165, 1.54) is 4.68 Å². The maximum absolute atomic E-state index is 12.3. The lowest BCUT2D eigenvalue weighted by Crippen LogP contribution is -2.10. The number of aromatic nitrogens is 3. The van der Waals surface area contributed by atoms with Crippen molar-refractivity contribution in [3.05, 3.63) is 71.7 Å². The maximum Gasteiger partial charge on any atom is 0.364 e. The number of ether oxygens (including phenoxy) is 3. The molecule has 2 aromatic rings. The molecule has 7 nitrogen and oxygen atoms in total. The molecule has 29 heavy (non-hydrogen) atoms. The fourth-order valence-corrected chi connectivity index (χ4v) is 2.89. The third kappa shape index (κ3) is 5.35. The molecule has 0 fully saturated rings. The van der Waals surface area contributed by atoms with E-state index in [-0.39, 0.29) is 22.5 Å². The molecule has 1 aromatic carbocycles. The Bertz CT molecular complexity index is 959. The van der Waals surface area contributed by atoms with E-state index in [4.69, 9.17) is 14.2 Å². The molecule has 0 spiro atoms. The van der Waals surface area contributed by atoms with Crippen molar-refractivity contribution in [1.82, 2.24) is 15.0 Å². The fourth-order valence-electron chi connectivity index (χ4n) is 2.61. The number of rotatable bonds is 7. The Kier molecular flexibility index (Phi) is 6.53. The topological polar surface area (TPSA) is 75.5 Å². The van der Waals surface area contributed by atoms with E-state index in [2.05, 4.69) is 26.2 Å². The number of carbonyl (C=O) groups is 1. The van der Waals surface area contributed by atoms with Crippen molar-refractivity contribution in [3.8, 4) is 11.6 Å². The quantitative estimate of drug-likeness (QED) is 0.459. The molecule has 0 saturated carbocycles. The highest BCUT2D eigenvalue weighted by Gasteiger charge is 2.24. The Hall–Kier alpha value is -2.87. The number of hydrogen-bond acceptors (Lipinski definition) is 6. The summed E-state index contributed by atoms with van der Waals surface area (Å²) in [5.74, 6) is 0.951. The monoisotopic (exact) mass is 459 g/mol. The number of hydrogen-bond donors (Lipinski definition) is 0. The summed E-state index contributed by atoms with van der Waals surface area (Å²) in [6, 6.07) is 7.55. The Morgan fingerprint density at radius 1 is 1.24 bits per heavy atom. The van der Waals surface area contributed by atoms with Gasteiger partial charge in [0.25, 0.3) is 5.88 Å². The van der Waals surface area contributed by atoms with Crippen LogP contribution in [-0.4, -0.2) is 39.0 Å². The van der Waals surface area contributed by atoms with Crippen molar-refractivity contribution in [2.45, 2.75) is 24.7 Å². The van der Waals surface area contributed by atoms with E-state index in [1.807, 2.05) is 61.6 Å². The first-order valence-corrected chi connectivity index (χ1v) is 9.90. The van der Waals surface area contributed by atoms with Crippen molar-refractivity contribution < 1.29 is 19.0 Å². The Labute approximate surface area is 177 Å². The van der Waals surface area contributed by atoms with Crippen molar-refractivity contribution in [1.29, 1.82) is 0 Å². The lowest BCUT2D eigenvalue weighted by atomic mass is 10.1. The molecule has 0 bridgehead atoms. The largest absolute Gasteiger partial charge is 0.497 e. The fraction of sp³-hybridized carbons (Fsp3) is 0.286. The summed E-state index contributed by atoms with van der Waals surface area (Å²) in [6.07, 6.45) is 9.45. The van der Waals surface area contributed by atoms with Gasteiger partial charge in [-0.15, -0.1) is 5.10 Å². The van der Waals surface area contributed by atoms with Crippen LogP contribution in [-0.2, 0) is 11.3 Å². The Morgan fingerprint density at radius 2 is 2.00 bits per heavy atom. The summed E-state index contributed by atoms with van der Waals surface area (Å²) >= 11 is 3.60. The Balaban J connectivity index is 1.91. The number of esters is 1. The zero-order valence-corrected chi connectivity index (χ0v) is 18.0. The average molecular weight is 460 g/mol. The van der Waals surface area contributed by atoms with Gasteiger partial charge in [0, 0.05) is 0 Å². The van der Waals surface area contributed by atoms with Crippen LogP contribution in [0.25, 0.3) is 0 Å². The summed E-state index contributed by atoms with van der Waals surface area (Å²) in [4.78, 5) is 12.3. The van der Waals surface area contributed by atoms with Crippen LogP contribution in [0.3, 0.4) is 0 Å². The molecule has 0 aliphatic heterocycles. The summed E-state index contributed by atoms with van der Waals surface area (Å²) < 4.78 is 17.6. The molecular formula is C21H22BrN3O4. The van der Waals surface area contributed by atoms with E-state index < -0.39 is 5.97 Å². The minimum atomic E-state index is -0.581. The van der Waals surface area contributed by atoms with Gasteiger partial charge in [0.1, 0.15) is 11.5 Å². The van der Waals surface area contributed by atoms with Crippen LogP contribution in [0.15, 0.2) is 60.4 Å². The molecule has 3 rings (SSSR count). The molecular weight excluding hydrogens is 438 g/mol. The van der Waals surface area contributed by atoms with Gasteiger partial charge in [-0.2, -0.15) is 0 Å². The second-order valence-electron chi connectivity index (χ2n) is 6.48. The minimum Gasteiger partial charge on any atom is -0.497 e. The van der Waals surface area contributed by atoms with Crippen molar-refractivity contribution in [2.24, 2.45) is 0 Å². The number of methoxy groups -OCH3 is 1. The third-order valence-corrected chi connectivity index (χ3v) is 4.65. The van der Waals surface area contributed by atoms with E-state index in [0.717, 1.165) is 11.3 Å². The van der Waals surface area contributed by atoms with Gasteiger partial charge in [-0.1, -0.05) is 51.5 Å². The van der Waals surface area contributed by atoms with E-state index >= 15 is 0 Å². The molecule has 1 aliphatic carbocycles. The first-order valence-electron chi connectivity index (χ1n) is 9.11. The number of allylic oxidation sites excluding steroid dienone is 5. The van der Waals surface area contributed by atoms with E-state index in [1.54, 1.807) is 14.0 Å². The van der Waals surface area contributed by atoms with E-state index in [9.17, 15) is 4.79 Å². The van der Waals surface area contributed by atoms with Crippen LogP contribution in [0, 0.1) is 0 Å². The molecule has 1 heterocycles. The molecule has 1 aliphatic rings. The molecule has 1 aromatic heterocycles. The van der Waals surface area contributed by atoms with Crippen LogP contribution in [0.1, 0.15) is 29.9 Å². The van der Waals surface area contributed by atoms with Gasteiger partial charge in [-0.3, -0.25) is 0 Å². The summed E-state index contributed by atoms with van der Waals surface area (Å²) in [5.41, 5.74) is 0.985. The maximum atomic E-state index is 12.3. The number of alkyl halides is 1. The predicted molar refractivity (Wildman–Crippen MR) is 112 cm³/mol. The summed E-state index contributed by atoms with van der Waals surface area (Å²) in [7, 11) is 1.62. The second kappa shape index (κ2) is 9.09.